The number of hydrogen-bond donors (Lipinski definition) is 1. The molecule has 3 rings (SSSR count). The average Bonchev–Trinajstić information content (AvgIpc) is 3.16. The highest BCUT2D eigenvalue weighted by atomic mass is 35.5. The molecule has 1 heterocycles. The normalized spacial score (nSPS) is 15.6. The van der Waals surface area contributed by atoms with Gasteiger partial charge in [-0.1, -0.05) is 35.9 Å². The van der Waals surface area contributed by atoms with Crippen LogP contribution in [0.2, 0.25) is 5.02 Å². The van der Waals surface area contributed by atoms with Gasteiger partial charge >= 0.3 is 0 Å². The first-order valence-corrected chi connectivity index (χ1v) is 9.48. The van der Waals surface area contributed by atoms with Crippen molar-refractivity contribution in [2.75, 3.05) is 13.1 Å². The lowest BCUT2D eigenvalue weighted by Gasteiger charge is -2.16. The third kappa shape index (κ3) is 5.48. The highest BCUT2D eigenvalue weighted by Gasteiger charge is 2.14. The van der Waals surface area contributed by atoms with E-state index in [1.807, 2.05) is 0 Å². The number of rotatable bonds is 7. The quantitative estimate of drug-likeness (QED) is 0.798. The van der Waals surface area contributed by atoms with Crippen molar-refractivity contribution in [1.82, 2.24) is 10.2 Å². The van der Waals surface area contributed by atoms with Crippen molar-refractivity contribution in [3.63, 3.8) is 0 Å². The van der Waals surface area contributed by atoms with Crippen LogP contribution in [0.1, 0.15) is 30.9 Å². The van der Waals surface area contributed by atoms with Gasteiger partial charge in [-0.05, 0) is 68.2 Å². The molecule has 0 spiro atoms. The largest absolute Gasteiger partial charge is 0.481 e. The first-order valence-electron chi connectivity index (χ1n) is 9.10. The number of ether oxygens (including phenoxy) is 1. The Morgan fingerprint density at radius 2 is 1.69 bits per heavy atom. The SMILES string of the molecule is C[C@H](Oc1ccc(Cl)cc1)C(=O)NCc1ccc(CN2CCCC2)cc1. The Hall–Kier alpha value is -2.04. The number of amides is 1. The van der Waals surface area contributed by atoms with E-state index >= 15 is 0 Å². The molecular weight excluding hydrogens is 348 g/mol. The summed E-state index contributed by atoms with van der Waals surface area (Å²) in [5, 5.41) is 3.56. The maximum Gasteiger partial charge on any atom is 0.261 e. The second-order valence-corrected chi connectivity index (χ2v) is 7.17. The fourth-order valence-electron chi connectivity index (χ4n) is 3.07. The second-order valence-electron chi connectivity index (χ2n) is 6.73. The number of halogens is 1. The standard InChI is InChI=1S/C21H25ClN2O2/c1-16(26-20-10-8-19(22)9-11-20)21(25)23-14-17-4-6-18(7-5-17)15-24-12-2-3-13-24/h4-11,16H,2-3,12-15H2,1H3,(H,23,25)/t16-/m0/s1. The van der Waals surface area contributed by atoms with Crippen LogP contribution in [0.15, 0.2) is 48.5 Å². The molecule has 0 unspecified atom stereocenters. The lowest BCUT2D eigenvalue weighted by atomic mass is 10.1. The predicted octanol–water partition coefficient (Wildman–Crippen LogP) is 4.02. The third-order valence-corrected chi connectivity index (χ3v) is 4.84. The molecule has 26 heavy (non-hydrogen) atoms. The van der Waals surface area contributed by atoms with Gasteiger partial charge in [0.2, 0.25) is 0 Å². The molecule has 1 aliphatic rings. The smallest absolute Gasteiger partial charge is 0.261 e. The van der Waals surface area contributed by atoms with Gasteiger partial charge < -0.3 is 10.1 Å². The van der Waals surface area contributed by atoms with Crippen LogP contribution in [-0.4, -0.2) is 30.0 Å². The summed E-state index contributed by atoms with van der Waals surface area (Å²) in [5.41, 5.74) is 2.41. The zero-order chi connectivity index (χ0) is 18.4. The van der Waals surface area contributed by atoms with Crippen molar-refractivity contribution in [1.29, 1.82) is 0 Å². The fourth-order valence-corrected chi connectivity index (χ4v) is 3.19. The van der Waals surface area contributed by atoms with Gasteiger partial charge in [0.25, 0.3) is 5.91 Å². The first-order chi connectivity index (χ1) is 12.6. The molecule has 1 fully saturated rings. The molecule has 0 saturated carbocycles. The molecule has 0 aromatic heterocycles. The molecule has 4 nitrogen and oxygen atoms in total. The van der Waals surface area contributed by atoms with Crippen molar-refractivity contribution in [3.05, 3.63) is 64.7 Å². The van der Waals surface area contributed by atoms with E-state index in [1.54, 1.807) is 31.2 Å². The predicted molar refractivity (Wildman–Crippen MR) is 104 cm³/mol. The van der Waals surface area contributed by atoms with Gasteiger partial charge in [-0.2, -0.15) is 0 Å². The van der Waals surface area contributed by atoms with E-state index in [2.05, 4.69) is 34.5 Å². The molecule has 0 radical (unpaired) electrons. The van der Waals surface area contributed by atoms with Gasteiger partial charge in [-0.25, -0.2) is 0 Å². The molecule has 1 atom stereocenters. The van der Waals surface area contributed by atoms with Gasteiger partial charge in [0.05, 0.1) is 0 Å². The summed E-state index contributed by atoms with van der Waals surface area (Å²) in [5.74, 6) is 0.490. The van der Waals surface area contributed by atoms with Crippen LogP contribution in [0.25, 0.3) is 0 Å². The monoisotopic (exact) mass is 372 g/mol. The van der Waals surface area contributed by atoms with Crippen LogP contribution < -0.4 is 10.1 Å². The van der Waals surface area contributed by atoms with Crippen molar-refractivity contribution >= 4 is 17.5 Å². The number of carbonyl (C=O) groups is 1. The number of likely N-dealkylation sites (tertiary alicyclic amines) is 1. The molecule has 2 aromatic rings. The number of nitrogens with one attached hydrogen (secondary N) is 1. The maximum absolute atomic E-state index is 12.2. The molecule has 5 heteroatoms. The van der Waals surface area contributed by atoms with Crippen LogP contribution in [0, 0.1) is 0 Å². The fraction of sp³-hybridized carbons (Fsp3) is 0.381. The number of benzene rings is 2. The van der Waals surface area contributed by atoms with E-state index < -0.39 is 6.10 Å². The zero-order valence-corrected chi connectivity index (χ0v) is 15.8. The Kier molecular flexibility index (Phi) is 6.53. The van der Waals surface area contributed by atoms with Crippen molar-refractivity contribution in [2.24, 2.45) is 0 Å². The minimum Gasteiger partial charge on any atom is -0.481 e. The van der Waals surface area contributed by atoms with Crippen LogP contribution in [-0.2, 0) is 17.9 Å². The van der Waals surface area contributed by atoms with Gasteiger partial charge in [0, 0.05) is 18.1 Å². The highest BCUT2D eigenvalue weighted by molar-refractivity contribution is 6.30. The van der Waals surface area contributed by atoms with Gasteiger partial charge in [-0.15, -0.1) is 0 Å². The number of carbonyl (C=O) groups excluding carboxylic acids is 1. The third-order valence-electron chi connectivity index (χ3n) is 4.59. The summed E-state index contributed by atoms with van der Waals surface area (Å²) >= 11 is 5.85. The highest BCUT2D eigenvalue weighted by Crippen LogP contribution is 2.17. The van der Waals surface area contributed by atoms with Crippen LogP contribution in [0.3, 0.4) is 0 Å². The van der Waals surface area contributed by atoms with Crippen LogP contribution in [0.5, 0.6) is 5.75 Å². The first kappa shape index (κ1) is 18.7. The van der Waals surface area contributed by atoms with E-state index in [0.29, 0.717) is 17.3 Å². The average molecular weight is 373 g/mol. The van der Waals surface area contributed by atoms with Gasteiger partial charge in [0.15, 0.2) is 6.10 Å². The van der Waals surface area contributed by atoms with Crippen LogP contribution >= 0.6 is 11.6 Å². The molecule has 1 saturated heterocycles. The molecule has 138 valence electrons. The molecule has 0 bridgehead atoms. The summed E-state index contributed by atoms with van der Waals surface area (Å²) in [4.78, 5) is 14.7. The van der Waals surface area contributed by atoms with Crippen molar-refractivity contribution < 1.29 is 9.53 Å². The van der Waals surface area contributed by atoms with E-state index in [1.165, 1.54) is 31.5 Å². The molecular formula is C21H25ClN2O2. The summed E-state index contributed by atoms with van der Waals surface area (Å²) in [6.45, 7) is 5.64. The molecule has 1 aliphatic heterocycles. The Morgan fingerprint density at radius 3 is 2.35 bits per heavy atom. The Balaban J connectivity index is 1.45. The minimum atomic E-state index is -0.564. The Labute approximate surface area is 160 Å². The summed E-state index contributed by atoms with van der Waals surface area (Å²) in [7, 11) is 0. The summed E-state index contributed by atoms with van der Waals surface area (Å²) < 4.78 is 5.64. The summed E-state index contributed by atoms with van der Waals surface area (Å²) in [6, 6.07) is 15.4. The molecule has 0 aliphatic carbocycles. The Morgan fingerprint density at radius 1 is 1.08 bits per heavy atom. The van der Waals surface area contributed by atoms with Crippen LogP contribution in [0.4, 0.5) is 0 Å². The molecule has 1 N–H and O–H groups in total. The van der Waals surface area contributed by atoms with Gasteiger partial charge in [-0.3, -0.25) is 9.69 Å². The number of nitrogens with zero attached hydrogens (tertiary/aromatic N) is 1. The van der Waals surface area contributed by atoms with Crippen molar-refractivity contribution in [3.8, 4) is 5.75 Å². The lowest BCUT2D eigenvalue weighted by Crippen LogP contribution is -2.35. The number of hydrogen-bond acceptors (Lipinski definition) is 3. The molecule has 1 amide bonds. The van der Waals surface area contributed by atoms with E-state index in [9.17, 15) is 4.79 Å². The topological polar surface area (TPSA) is 41.6 Å². The van der Waals surface area contributed by atoms with E-state index in [4.69, 9.17) is 16.3 Å². The zero-order valence-electron chi connectivity index (χ0n) is 15.1. The van der Waals surface area contributed by atoms with Crippen molar-refractivity contribution in [2.45, 2.75) is 39.0 Å². The lowest BCUT2D eigenvalue weighted by molar-refractivity contribution is -0.127. The van der Waals surface area contributed by atoms with E-state index in [0.717, 1.165) is 12.1 Å². The maximum atomic E-state index is 12.2. The molecule has 2 aromatic carbocycles. The Bertz CT molecular complexity index is 710. The van der Waals surface area contributed by atoms with Gasteiger partial charge in [0.1, 0.15) is 5.75 Å². The second kappa shape index (κ2) is 9.06. The minimum absolute atomic E-state index is 0.138. The summed E-state index contributed by atoms with van der Waals surface area (Å²) in [6.07, 6.45) is 2.05. The van der Waals surface area contributed by atoms with E-state index in [-0.39, 0.29) is 5.91 Å².